The lowest BCUT2D eigenvalue weighted by atomic mass is 9.93. The zero-order valence-corrected chi connectivity index (χ0v) is 11.8. The van der Waals surface area contributed by atoms with Crippen LogP contribution in [0, 0.1) is 5.92 Å². The molecule has 0 radical (unpaired) electrons. The molecule has 1 N–H and O–H groups in total. The molecule has 1 aliphatic heterocycles. The molecule has 0 aromatic carbocycles. The summed E-state index contributed by atoms with van der Waals surface area (Å²) in [6, 6.07) is 1.73. The van der Waals surface area contributed by atoms with Gasteiger partial charge in [0.25, 0.3) is 0 Å². The van der Waals surface area contributed by atoms with Crippen LogP contribution in [0.25, 0.3) is 0 Å². The Balaban J connectivity index is 0.00000162. The number of rotatable bonds is 5. The second-order valence-corrected chi connectivity index (χ2v) is 4.69. The van der Waals surface area contributed by atoms with Crippen molar-refractivity contribution in [2.24, 2.45) is 5.92 Å². The van der Waals surface area contributed by atoms with Crippen molar-refractivity contribution in [1.82, 2.24) is 15.3 Å². The first-order valence-corrected chi connectivity index (χ1v) is 6.54. The van der Waals surface area contributed by atoms with Crippen LogP contribution >= 0.6 is 24.0 Å². The van der Waals surface area contributed by atoms with Crippen molar-refractivity contribution in [3.63, 3.8) is 0 Å². The maximum Gasteiger partial charge on any atom is 0.225 e. The first kappa shape index (κ1) is 15.5. The van der Waals surface area contributed by atoms with Crippen LogP contribution in [-0.2, 0) is 0 Å². The van der Waals surface area contributed by atoms with Gasteiger partial charge in [-0.25, -0.2) is 4.98 Å². The highest BCUT2D eigenvalue weighted by Crippen LogP contribution is 2.18. The van der Waals surface area contributed by atoms with E-state index >= 15 is 0 Å². The van der Waals surface area contributed by atoms with Crippen molar-refractivity contribution >= 4 is 24.0 Å². The maximum atomic E-state index is 5.67. The Labute approximate surface area is 119 Å². The van der Waals surface area contributed by atoms with E-state index in [4.69, 9.17) is 16.3 Å². The Kier molecular flexibility index (Phi) is 7.32. The smallest absolute Gasteiger partial charge is 0.225 e. The number of hydrogen-bond acceptors (Lipinski definition) is 4. The largest absolute Gasteiger partial charge is 0.478 e. The van der Waals surface area contributed by atoms with Crippen molar-refractivity contribution in [3.05, 3.63) is 17.5 Å². The molecule has 1 aromatic heterocycles. The molecule has 0 amide bonds. The highest BCUT2D eigenvalue weighted by atomic mass is 35.5. The summed E-state index contributed by atoms with van der Waals surface area (Å²) in [5, 5.41) is 3.61. The molecule has 102 valence electrons. The summed E-state index contributed by atoms with van der Waals surface area (Å²) in [7, 11) is 0. The van der Waals surface area contributed by atoms with E-state index in [-0.39, 0.29) is 17.7 Å². The van der Waals surface area contributed by atoms with Gasteiger partial charge in [-0.15, -0.1) is 12.4 Å². The van der Waals surface area contributed by atoms with Crippen LogP contribution in [0.2, 0.25) is 5.28 Å². The average molecular weight is 292 g/mol. The van der Waals surface area contributed by atoms with E-state index in [1.807, 2.05) is 0 Å². The molecule has 1 aromatic rings. The predicted octanol–water partition coefficient (Wildman–Crippen LogP) is 2.71. The number of piperidine rings is 1. The highest BCUT2D eigenvalue weighted by molar-refractivity contribution is 6.28. The predicted molar refractivity (Wildman–Crippen MR) is 74.6 cm³/mol. The Morgan fingerprint density at radius 1 is 1.39 bits per heavy atom. The number of ether oxygens (including phenoxy) is 1. The van der Waals surface area contributed by atoms with Crippen molar-refractivity contribution in [1.29, 1.82) is 0 Å². The molecule has 0 atom stereocenters. The molecule has 4 nitrogen and oxygen atoms in total. The lowest BCUT2D eigenvalue weighted by Crippen LogP contribution is -2.27. The van der Waals surface area contributed by atoms with Crippen LogP contribution in [0.4, 0.5) is 0 Å². The number of aromatic nitrogens is 2. The summed E-state index contributed by atoms with van der Waals surface area (Å²) in [5.41, 5.74) is 0. The van der Waals surface area contributed by atoms with Gasteiger partial charge in [0, 0.05) is 12.3 Å². The van der Waals surface area contributed by atoms with E-state index in [2.05, 4.69) is 15.3 Å². The summed E-state index contributed by atoms with van der Waals surface area (Å²) in [5.74, 6) is 1.42. The Hall–Kier alpha value is -0.580. The molecule has 18 heavy (non-hydrogen) atoms. The van der Waals surface area contributed by atoms with Crippen LogP contribution in [0.1, 0.15) is 25.7 Å². The van der Waals surface area contributed by atoms with Gasteiger partial charge in [-0.2, -0.15) is 4.98 Å². The van der Waals surface area contributed by atoms with Crippen molar-refractivity contribution in [2.75, 3.05) is 19.7 Å². The molecule has 1 fully saturated rings. The molecule has 0 saturated carbocycles. The normalized spacial score (nSPS) is 16.1. The maximum absolute atomic E-state index is 5.67. The number of halogens is 2. The van der Waals surface area contributed by atoms with Crippen molar-refractivity contribution < 1.29 is 4.74 Å². The summed E-state index contributed by atoms with van der Waals surface area (Å²) in [6.45, 7) is 3.03. The van der Waals surface area contributed by atoms with Gasteiger partial charge in [-0.3, -0.25) is 0 Å². The second kappa shape index (κ2) is 8.51. The van der Waals surface area contributed by atoms with Crippen molar-refractivity contribution in [3.8, 4) is 5.88 Å². The third-order valence-corrected chi connectivity index (χ3v) is 3.25. The zero-order chi connectivity index (χ0) is 11.9. The van der Waals surface area contributed by atoms with Crippen LogP contribution in [0.3, 0.4) is 0 Å². The quantitative estimate of drug-likeness (QED) is 0.669. The van der Waals surface area contributed by atoms with E-state index in [0.29, 0.717) is 12.5 Å². The Morgan fingerprint density at radius 3 is 2.89 bits per heavy atom. The van der Waals surface area contributed by atoms with Gasteiger partial charge in [-0.05, 0) is 56.3 Å². The van der Waals surface area contributed by atoms with Gasteiger partial charge in [0.1, 0.15) is 0 Å². The third-order valence-electron chi connectivity index (χ3n) is 3.07. The molecule has 0 aliphatic carbocycles. The average Bonchev–Trinajstić information content (AvgIpc) is 2.36. The summed E-state index contributed by atoms with van der Waals surface area (Å²) in [6.07, 6.45) is 6.50. The summed E-state index contributed by atoms with van der Waals surface area (Å²) < 4.78 is 5.53. The highest BCUT2D eigenvalue weighted by Gasteiger charge is 2.12. The third kappa shape index (κ3) is 5.38. The Morgan fingerprint density at radius 2 is 2.17 bits per heavy atom. The van der Waals surface area contributed by atoms with Gasteiger partial charge in [-0.1, -0.05) is 0 Å². The fraction of sp³-hybridized carbons (Fsp3) is 0.667. The van der Waals surface area contributed by atoms with E-state index in [1.165, 1.54) is 19.3 Å². The number of nitrogens with one attached hydrogen (secondary N) is 1. The van der Waals surface area contributed by atoms with Crippen LogP contribution in [0.15, 0.2) is 12.3 Å². The SMILES string of the molecule is Cl.Clc1nccc(OCCCC2CCNCC2)n1. The number of nitrogens with zero attached hydrogens (tertiary/aromatic N) is 2. The van der Waals surface area contributed by atoms with E-state index in [9.17, 15) is 0 Å². The van der Waals surface area contributed by atoms with E-state index in [0.717, 1.165) is 25.4 Å². The molecule has 0 spiro atoms. The molecule has 0 unspecified atom stereocenters. The monoisotopic (exact) mass is 291 g/mol. The molecule has 6 heteroatoms. The molecule has 1 saturated heterocycles. The zero-order valence-electron chi connectivity index (χ0n) is 10.3. The summed E-state index contributed by atoms with van der Waals surface area (Å²) >= 11 is 5.67. The fourth-order valence-electron chi connectivity index (χ4n) is 2.12. The fourth-order valence-corrected chi connectivity index (χ4v) is 2.26. The second-order valence-electron chi connectivity index (χ2n) is 4.35. The Bertz CT molecular complexity index is 346. The van der Waals surface area contributed by atoms with Crippen LogP contribution in [-0.4, -0.2) is 29.7 Å². The first-order chi connectivity index (χ1) is 8.34. The molecule has 2 rings (SSSR count). The van der Waals surface area contributed by atoms with Gasteiger partial charge in [0.2, 0.25) is 11.2 Å². The van der Waals surface area contributed by atoms with Gasteiger partial charge in [0.05, 0.1) is 6.61 Å². The minimum absolute atomic E-state index is 0. The molecule has 0 bridgehead atoms. The molecule has 1 aliphatic rings. The molecular formula is C12H19Cl2N3O. The molecule has 2 heterocycles. The first-order valence-electron chi connectivity index (χ1n) is 6.16. The van der Waals surface area contributed by atoms with Crippen LogP contribution in [0.5, 0.6) is 5.88 Å². The van der Waals surface area contributed by atoms with E-state index < -0.39 is 0 Å². The lowest BCUT2D eigenvalue weighted by molar-refractivity contribution is 0.266. The minimum Gasteiger partial charge on any atom is -0.478 e. The topological polar surface area (TPSA) is 47.0 Å². The van der Waals surface area contributed by atoms with Gasteiger partial charge in [0.15, 0.2) is 0 Å². The van der Waals surface area contributed by atoms with Gasteiger partial charge >= 0.3 is 0 Å². The summed E-state index contributed by atoms with van der Waals surface area (Å²) in [4.78, 5) is 7.79. The minimum atomic E-state index is 0. The molecular weight excluding hydrogens is 273 g/mol. The van der Waals surface area contributed by atoms with Crippen LogP contribution < -0.4 is 10.1 Å². The van der Waals surface area contributed by atoms with Gasteiger partial charge < -0.3 is 10.1 Å². The number of hydrogen-bond donors (Lipinski definition) is 1. The lowest BCUT2D eigenvalue weighted by Gasteiger charge is -2.22. The standard InChI is InChI=1S/C12H18ClN3O.ClH/c13-12-15-8-5-11(16-12)17-9-1-2-10-3-6-14-7-4-10;/h5,8,10,14H,1-4,6-7,9H2;1H. The van der Waals surface area contributed by atoms with Crippen molar-refractivity contribution in [2.45, 2.75) is 25.7 Å². The van der Waals surface area contributed by atoms with E-state index in [1.54, 1.807) is 12.3 Å².